The third kappa shape index (κ3) is 18.6. The molecule has 0 saturated carbocycles. The molecule has 0 unspecified atom stereocenters. The minimum atomic E-state index is -4.91. The summed E-state index contributed by atoms with van der Waals surface area (Å²) in [4.78, 5) is 103. The van der Waals surface area contributed by atoms with E-state index in [1.165, 1.54) is 91.1 Å². The van der Waals surface area contributed by atoms with Crippen LogP contribution in [0.5, 0.6) is 40.2 Å². The first-order valence-electron chi connectivity index (χ1n) is 32.0. The van der Waals surface area contributed by atoms with Crippen LogP contribution in [0.1, 0.15) is 110 Å². The van der Waals surface area contributed by atoms with E-state index in [0.717, 1.165) is 46.9 Å². The maximum Gasteiger partial charge on any atom is 0.573 e. The van der Waals surface area contributed by atoms with Crippen LogP contribution in [0.3, 0.4) is 0 Å². The molecule has 4 fully saturated rings. The van der Waals surface area contributed by atoms with Gasteiger partial charge in [0.25, 0.3) is 47.3 Å². The molecule has 5 atom stereocenters. The first-order valence-corrected chi connectivity index (χ1v) is 32.0. The summed E-state index contributed by atoms with van der Waals surface area (Å²) < 4.78 is 86.8. The fraction of sp³-hybridized carbons (Fsp3) is 0.333. The van der Waals surface area contributed by atoms with Gasteiger partial charge in [0.1, 0.15) is 35.7 Å². The summed E-state index contributed by atoms with van der Waals surface area (Å²) in [6, 6.07) is 25.8. The van der Waals surface area contributed by atoms with Crippen LogP contribution in [-0.4, -0.2) is 187 Å². The van der Waals surface area contributed by atoms with E-state index in [4.69, 9.17) is 49.3 Å². The van der Waals surface area contributed by atoms with Crippen LogP contribution in [0.15, 0.2) is 116 Å². The van der Waals surface area contributed by atoms with Gasteiger partial charge >= 0.3 is 6.36 Å². The lowest BCUT2D eigenvalue weighted by Gasteiger charge is -2.46. The van der Waals surface area contributed by atoms with Crippen molar-refractivity contribution in [3.05, 3.63) is 166 Å². The first-order chi connectivity index (χ1) is 49.4. The van der Waals surface area contributed by atoms with Gasteiger partial charge in [0.05, 0.1) is 48.2 Å². The quantitative estimate of drug-likeness (QED) is 0.0155. The Balaban J connectivity index is 0.000000193. The number of methoxy groups -OCH3 is 6. The molecule has 4 saturated heterocycles. The minimum absolute atomic E-state index is 0.0476. The largest absolute Gasteiger partial charge is 0.573 e. The Kier molecular flexibility index (Phi) is 27.7. The number of likely N-dealkylation sites (tertiary alicyclic amines) is 4. The van der Waals surface area contributed by atoms with Gasteiger partial charge in [0.2, 0.25) is 0 Å². The number of hydrogen-bond acceptors (Lipinski definition) is 19. The molecule has 0 radical (unpaired) electrons. The molecule has 0 bridgehead atoms. The smallest absolute Gasteiger partial charge is 0.493 e. The van der Waals surface area contributed by atoms with E-state index in [9.17, 15) is 55.9 Å². The van der Waals surface area contributed by atoms with Gasteiger partial charge in [0, 0.05) is 71.0 Å². The second-order valence-electron chi connectivity index (χ2n) is 23.2. The van der Waals surface area contributed by atoms with Crippen molar-refractivity contribution in [1.82, 2.24) is 41.5 Å². The Bertz CT molecular complexity index is 4170. The monoisotopic (exact) mass is 1430 g/mol. The number of carbonyl (C=O) groups excluding carboxylic acids is 8. The van der Waals surface area contributed by atoms with Crippen LogP contribution in [-0.2, 0) is 25.6 Å². The lowest BCUT2D eigenvalue weighted by molar-refractivity contribution is -0.274. The Morgan fingerprint density at radius 3 is 1.46 bits per heavy atom. The highest BCUT2D eigenvalue weighted by Crippen LogP contribution is 2.41. The average Bonchev–Trinajstić information content (AvgIpc) is 0.778. The van der Waals surface area contributed by atoms with Gasteiger partial charge in [-0.3, -0.25) is 59.2 Å². The van der Waals surface area contributed by atoms with Crippen molar-refractivity contribution in [3.8, 4) is 63.2 Å². The number of ether oxygens (including phenoxy) is 7. The van der Waals surface area contributed by atoms with E-state index in [1.54, 1.807) is 67.1 Å². The zero-order valence-electron chi connectivity index (χ0n) is 57.3. The Morgan fingerprint density at radius 1 is 0.534 bits per heavy atom. The van der Waals surface area contributed by atoms with Crippen LogP contribution >= 0.6 is 0 Å². The second kappa shape index (κ2) is 36.2. The Hall–Kier alpha value is -11.5. The van der Waals surface area contributed by atoms with Gasteiger partial charge in [-0.25, -0.2) is 26.3 Å². The molecule has 8 amide bonds. The summed E-state index contributed by atoms with van der Waals surface area (Å²) in [6.45, 7) is 8.97. The van der Waals surface area contributed by atoms with Gasteiger partial charge < -0.3 is 52.8 Å². The molecule has 103 heavy (non-hydrogen) atoms. The van der Waals surface area contributed by atoms with E-state index in [-0.39, 0.29) is 41.0 Å². The molecule has 4 aliphatic rings. The third-order valence-electron chi connectivity index (χ3n) is 17.2. The molecule has 0 spiro atoms. The predicted octanol–water partition coefficient (Wildman–Crippen LogP) is 8.01. The van der Waals surface area contributed by atoms with Gasteiger partial charge in [-0.2, -0.15) is 0 Å². The standard InChI is InChI=1S/C21H19FN2O5.C19H20N2O5.C18H26N2O5.C14H13F3N2O4/c1-28-18-12-15(21(26)24-9-8-17(24)20(25)23-27)11-14(19(18)29-2)7-6-13-4-3-5-16(22)10-13;1-25-16-11-13(19(23)21-9-8-15(21)18(22)20-24)10-14(17(16)26-2)12-6-4-3-5-7-12;1-5-7-12-8-13(9-14(24-3)16(12)25-4)18(22)20-10-11(6-2)15(20)17(21)19-23;1-2-8-3-4-9(7-11(8)23-14(15,16)17)13(21)19-6-5-10(19)12(20)18-22/h3-5,10-12,17,27H,8-9H2,1-2H3,(H,23,25);3-7,10-11,15,24H,8-9H2,1-2H3,(H,20,22);8-9,11,15,23H,5-7,10H2,1-4H3,(H,19,21);2-4,7,10,22H,1,5-6H2,(H,18,20)/t17-;15-;11-,15-;10-/m1101/s1. The van der Waals surface area contributed by atoms with Crippen molar-refractivity contribution in [2.75, 3.05) is 68.8 Å². The highest BCUT2D eigenvalue weighted by Gasteiger charge is 2.46. The molecule has 548 valence electrons. The average molecular weight is 1440 g/mol. The fourth-order valence-electron chi connectivity index (χ4n) is 11.6. The van der Waals surface area contributed by atoms with E-state index in [1.807, 2.05) is 44.2 Å². The number of benzene rings is 6. The van der Waals surface area contributed by atoms with Gasteiger partial charge in [-0.15, -0.1) is 13.2 Å². The third-order valence-corrected chi connectivity index (χ3v) is 17.2. The number of hydroxylamine groups is 4. The second-order valence-corrected chi connectivity index (χ2v) is 23.2. The predicted molar refractivity (Wildman–Crippen MR) is 360 cm³/mol. The molecule has 6 aromatic rings. The summed E-state index contributed by atoms with van der Waals surface area (Å²) in [7, 11) is 9.03. The fourth-order valence-corrected chi connectivity index (χ4v) is 11.6. The van der Waals surface area contributed by atoms with Crippen molar-refractivity contribution in [3.63, 3.8) is 0 Å². The number of nitrogens with zero attached hydrogens (tertiary/aromatic N) is 4. The van der Waals surface area contributed by atoms with E-state index < -0.39 is 77.5 Å². The Labute approximate surface area is 589 Å². The highest BCUT2D eigenvalue weighted by atomic mass is 19.4. The van der Waals surface area contributed by atoms with Crippen LogP contribution in [0.25, 0.3) is 17.2 Å². The molecular weight excluding hydrogens is 1360 g/mol. The van der Waals surface area contributed by atoms with Crippen LogP contribution in [0.4, 0.5) is 17.6 Å². The number of alkyl halides is 3. The molecule has 6 aromatic carbocycles. The number of aryl methyl sites for hydroxylation is 1. The van der Waals surface area contributed by atoms with Crippen LogP contribution in [0.2, 0.25) is 0 Å². The van der Waals surface area contributed by atoms with Gasteiger partial charge in [-0.1, -0.05) is 87.2 Å². The number of halogens is 4. The lowest BCUT2D eigenvalue weighted by Crippen LogP contribution is -2.64. The lowest BCUT2D eigenvalue weighted by atomic mass is 9.85. The minimum Gasteiger partial charge on any atom is -0.493 e. The van der Waals surface area contributed by atoms with E-state index in [2.05, 4.69) is 23.2 Å². The summed E-state index contributed by atoms with van der Waals surface area (Å²) in [6.07, 6.45) is -0.0120. The summed E-state index contributed by atoms with van der Waals surface area (Å²) >= 11 is 0. The van der Waals surface area contributed by atoms with E-state index in [0.29, 0.717) is 95.6 Å². The number of rotatable bonds is 20. The molecule has 0 aliphatic carbocycles. The molecule has 4 heterocycles. The van der Waals surface area contributed by atoms with Crippen molar-refractivity contribution < 1.29 is 110 Å². The summed E-state index contributed by atoms with van der Waals surface area (Å²) in [5, 5.41) is 35.2. The van der Waals surface area contributed by atoms with Gasteiger partial charge in [0.15, 0.2) is 34.5 Å². The van der Waals surface area contributed by atoms with Crippen molar-refractivity contribution in [2.24, 2.45) is 5.92 Å². The summed E-state index contributed by atoms with van der Waals surface area (Å²) in [5.41, 5.74) is 10.7. The zero-order valence-corrected chi connectivity index (χ0v) is 57.3. The maximum absolute atomic E-state index is 13.4. The molecule has 8 N–H and O–H groups in total. The molecule has 27 nitrogen and oxygen atoms in total. The van der Waals surface area contributed by atoms with Crippen LogP contribution in [0, 0.1) is 23.6 Å². The van der Waals surface area contributed by atoms with Crippen molar-refractivity contribution >= 4 is 53.3 Å². The normalized spacial score (nSPS) is 16.7. The van der Waals surface area contributed by atoms with Crippen molar-refractivity contribution in [2.45, 2.75) is 82.9 Å². The molecule has 0 aromatic heterocycles. The molecule has 4 aliphatic heterocycles. The van der Waals surface area contributed by atoms with E-state index >= 15 is 0 Å². The van der Waals surface area contributed by atoms with Gasteiger partial charge in [-0.05, 0) is 110 Å². The number of nitrogens with one attached hydrogen (secondary N) is 4. The highest BCUT2D eigenvalue weighted by molar-refractivity contribution is 6.02. The number of carbonyl (C=O) groups is 8. The first kappa shape index (κ1) is 78.9. The Morgan fingerprint density at radius 2 is 1.01 bits per heavy atom. The maximum atomic E-state index is 13.4. The molecule has 31 heteroatoms. The number of amides is 8. The van der Waals surface area contributed by atoms with Crippen LogP contribution < -0.4 is 55.1 Å². The van der Waals surface area contributed by atoms with Crippen molar-refractivity contribution in [1.29, 1.82) is 0 Å². The SMILES string of the molecule is C=Cc1ccc(C(=O)N2CC[C@@H]2C(=O)NO)cc1OC(F)(F)F.CCCc1cc(C(=O)N2C[C@H](CC)[C@H]2C(=O)NO)cc(OC)c1OC.COc1cc(C(=O)N2CC[C@@H]2C(=O)NO)cc(-c2ccccc2)c1OC.COc1cc(C(=O)N2CC[C@@H]2C(=O)NO)cc(C#Cc2cccc(F)c2)c1OC. The zero-order chi connectivity index (χ0) is 75.4. The summed E-state index contributed by atoms with van der Waals surface area (Å²) in [5.74, 6) is 3.40. The molecule has 10 rings (SSSR count). The molecular formula is C72H78F4N8O19. The topological polar surface area (TPSA) is 343 Å². The number of hydrogen-bond donors (Lipinski definition) is 8.